The summed E-state index contributed by atoms with van der Waals surface area (Å²) in [6.45, 7) is 5.91. The average Bonchev–Trinajstić information content (AvgIpc) is 3.75. The number of benzene rings is 1. The Morgan fingerprint density at radius 3 is 2.57 bits per heavy atom. The standard InChI is InChI=1S/C30H33N3O8S/c1-16-23-26(34)33(30(2,3)28(35)36)29(37)32(27(23)42-24(16)25-31-9-10-40-25)13-22(20-7-5-6-8-21(20)38-4)41-19-11-17-14-39-15-18(17)12-19/h5-10,17-19,22H,11-15H2,1-4H3,(H,35,36)/t17-,18+,19?,22-/m0/s1. The molecule has 42 heavy (non-hydrogen) atoms. The summed E-state index contributed by atoms with van der Waals surface area (Å²) in [4.78, 5) is 45.6. The summed E-state index contributed by atoms with van der Waals surface area (Å²) in [6, 6.07) is 7.49. The van der Waals surface area contributed by atoms with Crippen molar-refractivity contribution in [1.82, 2.24) is 14.1 Å². The van der Waals surface area contributed by atoms with Gasteiger partial charge < -0.3 is 23.7 Å². The third-order valence-electron chi connectivity index (χ3n) is 8.57. The number of ether oxygens (including phenoxy) is 3. The van der Waals surface area contributed by atoms with Gasteiger partial charge in [-0.1, -0.05) is 18.2 Å². The Labute approximate surface area is 245 Å². The molecule has 1 saturated carbocycles. The minimum absolute atomic E-state index is 0.0268. The molecular weight excluding hydrogens is 562 g/mol. The molecule has 2 fully saturated rings. The molecule has 1 saturated heterocycles. The molecule has 2 aliphatic rings. The molecular formula is C30H33N3O8S. The van der Waals surface area contributed by atoms with Crippen molar-refractivity contribution in [2.45, 2.75) is 57.9 Å². The van der Waals surface area contributed by atoms with Gasteiger partial charge in [0.25, 0.3) is 5.56 Å². The van der Waals surface area contributed by atoms with Crippen molar-refractivity contribution in [3.05, 3.63) is 68.7 Å². The lowest BCUT2D eigenvalue weighted by Crippen LogP contribution is -2.52. The first-order valence-corrected chi connectivity index (χ1v) is 14.7. The van der Waals surface area contributed by atoms with Crippen molar-refractivity contribution in [3.63, 3.8) is 0 Å². The monoisotopic (exact) mass is 595 g/mol. The minimum Gasteiger partial charge on any atom is -0.496 e. The van der Waals surface area contributed by atoms with E-state index in [4.69, 9.17) is 18.6 Å². The molecule has 6 rings (SSSR count). The van der Waals surface area contributed by atoms with Crippen LogP contribution in [0.3, 0.4) is 0 Å². The molecule has 1 aliphatic heterocycles. The van der Waals surface area contributed by atoms with E-state index in [0.717, 1.165) is 36.2 Å². The number of hydrogen-bond donors (Lipinski definition) is 1. The predicted molar refractivity (Wildman–Crippen MR) is 155 cm³/mol. The number of hydrogen-bond acceptors (Lipinski definition) is 9. The lowest BCUT2D eigenvalue weighted by atomic mass is 10.0. The highest BCUT2D eigenvalue weighted by molar-refractivity contribution is 7.22. The first-order valence-electron chi connectivity index (χ1n) is 13.9. The van der Waals surface area contributed by atoms with Crippen LogP contribution in [0.25, 0.3) is 21.0 Å². The van der Waals surface area contributed by atoms with Gasteiger partial charge in [-0.05, 0) is 57.1 Å². The molecule has 4 atom stereocenters. The second-order valence-electron chi connectivity index (χ2n) is 11.5. The second kappa shape index (κ2) is 10.8. The van der Waals surface area contributed by atoms with Gasteiger partial charge in [0, 0.05) is 18.8 Å². The van der Waals surface area contributed by atoms with Crippen molar-refractivity contribution < 1.29 is 28.5 Å². The number of carboxylic acids is 1. The maximum absolute atomic E-state index is 14.2. The van der Waals surface area contributed by atoms with E-state index in [9.17, 15) is 19.5 Å². The molecule has 12 heteroatoms. The van der Waals surface area contributed by atoms with Crippen molar-refractivity contribution >= 4 is 27.5 Å². The van der Waals surface area contributed by atoms with Gasteiger partial charge in [0.2, 0.25) is 5.89 Å². The van der Waals surface area contributed by atoms with Crippen molar-refractivity contribution in [1.29, 1.82) is 0 Å². The normalized spacial score (nSPS) is 21.1. The van der Waals surface area contributed by atoms with Crippen LogP contribution in [0.2, 0.25) is 0 Å². The van der Waals surface area contributed by atoms with Crippen LogP contribution >= 0.6 is 11.3 Å². The van der Waals surface area contributed by atoms with Crippen molar-refractivity contribution in [2.24, 2.45) is 11.8 Å². The fourth-order valence-electron chi connectivity index (χ4n) is 6.23. The number of oxazole rings is 1. The molecule has 0 radical (unpaired) electrons. The van der Waals surface area contributed by atoms with Crippen LogP contribution in [-0.4, -0.2) is 51.6 Å². The maximum Gasteiger partial charge on any atom is 0.333 e. The van der Waals surface area contributed by atoms with Crippen LogP contribution in [0.1, 0.15) is 43.9 Å². The van der Waals surface area contributed by atoms with Gasteiger partial charge in [-0.3, -0.25) is 9.36 Å². The Morgan fingerprint density at radius 2 is 1.93 bits per heavy atom. The summed E-state index contributed by atoms with van der Waals surface area (Å²) in [6.07, 6.45) is 3.95. The van der Waals surface area contributed by atoms with Crippen LogP contribution in [-0.2, 0) is 26.4 Å². The lowest BCUT2D eigenvalue weighted by molar-refractivity contribution is -0.146. The van der Waals surface area contributed by atoms with E-state index in [-0.39, 0.29) is 18.0 Å². The van der Waals surface area contributed by atoms with Gasteiger partial charge >= 0.3 is 11.7 Å². The van der Waals surface area contributed by atoms with Crippen LogP contribution in [0, 0.1) is 18.8 Å². The number of fused-ring (bicyclic) bond motifs is 2. The largest absolute Gasteiger partial charge is 0.496 e. The molecule has 1 aromatic carbocycles. The number of nitrogens with zero attached hydrogens (tertiary/aromatic N) is 3. The first-order chi connectivity index (χ1) is 20.1. The summed E-state index contributed by atoms with van der Waals surface area (Å²) >= 11 is 1.21. The van der Waals surface area contributed by atoms with Gasteiger partial charge in [0.15, 0.2) is 0 Å². The van der Waals surface area contributed by atoms with E-state index >= 15 is 0 Å². The van der Waals surface area contributed by atoms with E-state index < -0.39 is 28.9 Å². The minimum atomic E-state index is -1.81. The highest BCUT2D eigenvalue weighted by Crippen LogP contribution is 2.42. The molecule has 0 spiro atoms. The van der Waals surface area contributed by atoms with E-state index in [1.54, 1.807) is 14.0 Å². The van der Waals surface area contributed by atoms with Crippen LogP contribution < -0.4 is 16.0 Å². The Balaban J connectivity index is 1.54. The number of para-hydroxylation sites is 1. The summed E-state index contributed by atoms with van der Waals surface area (Å²) in [5.74, 6) is 0.489. The lowest BCUT2D eigenvalue weighted by Gasteiger charge is -2.27. The van der Waals surface area contributed by atoms with Gasteiger partial charge in [-0.25, -0.2) is 19.1 Å². The molecule has 1 aliphatic carbocycles. The number of aryl methyl sites for hydroxylation is 1. The van der Waals surface area contributed by atoms with Crippen molar-refractivity contribution in [3.8, 4) is 16.5 Å². The summed E-state index contributed by atoms with van der Waals surface area (Å²) in [5, 5.41) is 10.3. The Bertz CT molecular complexity index is 1740. The van der Waals surface area contributed by atoms with E-state index in [0.29, 0.717) is 38.7 Å². The predicted octanol–water partition coefficient (Wildman–Crippen LogP) is 4.20. The summed E-state index contributed by atoms with van der Waals surface area (Å²) in [5.41, 5.74) is -1.91. The van der Waals surface area contributed by atoms with E-state index in [1.165, 1.54) is 42.2 Å². The molecule has 4 aromatic rings. The fraction of sp³-hybridized carbons (Fsp3) is 0.467. The first kappa shape index (κ1) is 28.4. The Kier molecular flexibility index (Phi) is 7.32. The molecule has 3 aromatic heterocycles. The SMILES string of the molecule is COc1ccccc1[C@H](Cn1c(=O)n(C(C)(C)C(=O)O)c(=O)c2c(C)c(-c3ncco3)sc21)OC1C[C@H]2COC[C@H]2C1. The number of aliphatic carboxylic acids is 1. The third kappa shape index (κ3) is 4.67. The topological polar surface area (TPSA) is 135 Å². The summed E-state index contributed by atoms with van der Waals surface area (Å²) in [7, 11) is 1.58. The maximum atomic E-state index is 14.2. The number of rotatable bonds is 9. The zero-order chi connectivity index (χ0) is 29.8. The number of carboxylic acid groups (broad SMARTS) is 1. The number of thiophene rings is 1. The molecule has 0 bridgehead atoms. The summed E-state index contributed by atoms with van der Waals surface area (Å²) < 4.78 is 25.9. The number of methoxy groups -OCH3 is 1. The smallest absolute Gasteiger partial charge is 0.333 e. The highest BCUT2D eigenvalue weighted by Gasteiger charge is 2.41. The second-order valence-corrected chi connectivity index (χ2v) is 12.5. The Morgan fingerprint density at radius 1 is 1.21 bits per heavy atom. The highest BCUT2D eigenvalue weighted by atomic mass is 32.1. The van der Waals surface area contributed by atoms with E-state index in [1.807, 2.05) is 24.3 Å². The quantitative estimate of drug-likeness (QED) is 0.302. The zero-order valence-corrected chi connectivity index (χ0v) is 24.7. The van der Waals surface area contributed by atoms with Gasteiger partial charge in [0.05, 0.1) is 36.2 Å². The molecule has 11 nitrogen and oxygen atoms in total. The average molecular weight is 596 g/mol. The fourth-order valence-corrected chi connectivity index (χ4v) is 7.47. The zero-order valence-electron chi connectivity index (χ0n) is 23.9. The van der Waals surface area contributed by atoms with Crippen LogP contribution in [0.4, 0.5) is 0 Å². The van der Waals surface area contributed by atoms with Crippen LogP contribution in [0.5, 0.6) is 5.75 Å². The number of aromatic nitrogens is 3. The van der Waals surface area contributed by atoms with Crippen LogP contribution in [0.15, 0.2) is 50.7 Å². The molecule has 0 amide bonds. The molecule has 4 heterocycles. The molecule has 1 unspecified atom stereocenters. The molecule has 222 valence electrons. The molecule has 1 N–H and O–H groups in total. The van der Waals surface area contributed by atoms with E-state index in [2.05, 4.69) is 4.98 Å². The van der Waals surface area contributed by atoms with Gasteiger partial charge in [-0.15, -0.1) is 11.3 Å². The van der Waals surface area contributed by atoms with Gasteiger partial charge in [-0.2, -0.15) is 0 Å². The van der Waals surface area contributed by atoms with Crippen molar-refractivity contribution in [2.75, 3.05) is 20.3 Å². The Hall–Kier alpha value is -3.74. The van der Waals surface area contributed by atoms with Gasteiger partial charge in [0.1, 0.15) is 28.5 Å². The number of carbonyl (C=O) groups is 1. The third-order valence-corrected chi connectivity index (χ3v) is 9.88.